The van der Waals surface area contributed by atoms with Crippen molar-refractivity contribution in [3.05, 3.63) is 24.3 Å². The number of sulfone groups is 1. The van der Waals surface area contributed by atoms with Crippen molar-refractivity contribution in [3.8, 4) is 0 Å². The SMILES string of the molecule is CCS(=O)(=O)c1ccc(N2CCC[C@@H]2C(=O)O)cc1. The summed E-state index contributed by atoms with van der Waals surface area (Å²) in [6.07, 6.45) is 1.47. The summed E-state index contributed by atoms with van der Waals surface area (Å²) in [6.45, 7) is 2.29. The van der Waals surface area contributed by atoms with E-state index in [0.717, 1.165) is 12.1 Å². The van der Waals surface area contributed by atoms with Crippen molar-refractivity contribution in [2.24, 2.45) is 0 Å². The summed E-state index contributed by atoms with van der Waals surface area (Å²) in [4.78, 5) is 13.2. The second-order valence-electron chi connectivity index (χ2n) is 4.59. The van der Waals surface area contributed by atoms with E-state index in [2.05, 4.69) is 0 Å². The third-order valence-electron chi connectivity index (χ3n) is 3.45. The fourth-order valence-electron chi connectivity index (χ4n) is 2.34. The van der Waals surface area contributed by atoms with E-state index in [9.17, 15) is 13.2 Å². The predicted molar refractivity (Wildman–Crippen MR) is 72.2 cm³/mol. The summed E-state index contributed by atoms with van der Waals surface area (Å²) < 4.78 is 23.4. The number of carboxylic acids is 1. The van der Waals surface area contributed by atoms with Crippen LogP contribution in [0, 0.1) is 0 Å². The average Bonchev–Trinajstić information content (AvgIpc) is 2.88. The molecule has 1 aromatic carbocycles. The lowest BCUT2D eigenvalue weighted by atomic mass is 10.2. The Balaban J connectivity index is 2.26. The fourth-order valence-corrected chi connectivity index (χ4v) is 3.23. The summed E-state index contributed by atoms with van der Waals surface area (Å²) in [5.41, 5.74) is 0.764. The molecule has 2 rings (SSSR count). The molecule has 1 atom stereocenters. The zero-order valence-corrected chi connectivity index (χ0v) is 11.6. The molecule has 1 aromatic rings. The van der Waals surface area contributed by atoms with Crippen LogP contribution in [0.25, 0.3) is 0 Å². The van der Waals surface area contributed by atoms with Gasteiger partial charge in [-0.25, -0.2) is 13.2 Å². The van der Waals surface area contributed by atoms with Crippen LogP contribution in [-0.2, 0) is 14.6 Å². The monoisotopic (exact) mass is 283 g/mol. The number of anilines is 1. The number of rotatable bonds is 4. The van der Waals surface area contributed by atoms with Crippen LogP contribution in [0.4, 0.5) is 5.69 Å². The molecule has 5 nitrogen and oxygen atoms in total. The van der Waals surface area contributed by atoms with Crippen LogP contribution in [0.5, 0.6) is 0 Å². The van der Waals surface area contributed by atoms with Gasteiger partial charge in [-0.3, -0.25) is 0 Å². The van der Waals surface area contributed by atoms with Crippen LogP contribution >= 0.6 is 0 Å². The Morgan fingerprint density at radius 2 is 2.00 bits per heavy atom. The molecular weight excluding hydrogens is 266 g/mol. The van der Waals surface area contributed by atoms with E-state index in [1.165, 1.54) is 0 Å². The third kappa shape index (κ3) is 2.73. The molecule has 0 radical (unpaired) electrons. The Morgan fingerprint density at radius 1 is 1.37 bits per heavy atom. The first-order valence-electron chi connectivity index (χ1n) is 6.28. The van der Waals surface area contributed by atoms with Gasteiger partial charge in [0, 0.05) is 12.2 Å². The van der Waals surface area contributed by atoms with Gasteiger partial charge in [0.15, 0.2) is 9.84 Å². The molecule has 1 N–H and O–H groups in total. The first-order valence-corrected chi connectivity index (χ1v) is 7.93. The van der Waals surface area contributed by atoms with Gasteiger partial charge in [0.25, 0.3) is 0 Å². The lowest BCUT2D eigenvalue weighted by Gasteiger charge is -2.23. The first-order chi connectivity index (χ1) is 8.95. The molecule has 0 saturated carbocycles. The van der Waals surface area contributed by atoms with Crippen molar-refractivity contribution >= 4 is 21.5 Å². The lowest BCUT2D eigenvalue weighted by molar-refractivity contribution is -0.138. The van der Waals surface area contributed by atoms with Gasteiger partial charge in [0.2, 0.25) is 0 Å². The van der Waals surface area contributed by atoms with Gasteiger partial charge >= 0.3 is 5.97 Å². The van der Waals surface area contributed by atoms with Crippen LogP contribution in [0.1, 0.15) is 19.8 Å². The van der Waals surface area contributed by atoms with Gasteiger partial charge in [0.1, 0.15) is 6.04 Å². The fraction of sp³-hybridized carbons (Fsp3) is 0.462. The molecule has 1 aliphatic rings. The molecule has 1 fully saturated rings. The highest BCUT2D eigenvalue weighted by atomic mass is 32.2. The maximum atomic E-state index is 11.7. The lowest BCUT2D eigenvalue weighted by Crippen LogP contribution is -2.35. The second-order valence-corrected chi connectivity index (χ2v) is 6.87. The maximum Gasteiger partial charge on any atom is 0.326 e. The molecule has 0 amide bonds. The van der Waals surface area contributed by atoms with Gasteiger partial charge < -0.3 is 10.0 Å². The maximum absolute atomic E-state index is 11.7. The molecule has 19 heavy (non-hydrogen) atoms. The molecule has 0 spiro atoms. The minimum absolute atomic E-state index is 0.0633. The average molecular weight is 283 g/mol. The van der Waals surface area contributed by atoms with Gasteiger partial charge in [-0.1, -0.05) is 6.92 Å². The van der Waals surface area contributed by atoms with Gasteiger partial charge in [-0.15, -0.1) is 0 Å². The van der Waals surface area contributed by atoms with E-state index in [1.807, 2.05) is 4.90 Å². The first kappa shape index (κ1) is 13.9. The summed E-state index contributed by atoms with van der Waals surface area (Å²) in [5, 5.41) is 9.13. The van der Waals surface area contributed by atoms with E-state index in [1.54, 1.807) is 31.2 Å². The van der Waals surface area contributed by atoms with E-state index in [0.29, 0.717) is 13.0 Å². The predicted octanol–water partition coefficient (Wildman–Crippen LogP) is 1.53. The molecule has 1 heterocycles. The quantitative estimate of drug-likeness (QED) is 0.907. The van der Waals surface area contributed by atoms with Crippen LogP contribution < -0.4 is 4.90 Å². The third-order valence-corrected chi connectivity index (χ3v) is 5.20. The number of benzene rings is 1. The zero-order valence-electron chi connectivity index (χ0n) is 10.7. The highest BCUT2D eigenvalue weighted by molar-refractivity contribution is 7.91. The summed E-state index contributed by atoms with van der Waals surface area (Å²) >= 11 is 0. The Morgan fingerprint density at radius 3 is 2.53 bits per heavy atom. The molecule has 0 aliphatic carbocycles. The molecule has 104 valence electrons. The smallest absolute Gasteiger partial charge is 0.326 e. The van der Waals surface area contributed by atoms with E-state index >= 15 is 0 Å². The van der Waals surface area contributed by atoms with Crippen LogP contribution in [-0.4, -0.2) is 37.8 Å². The van der Waals surface area contributed by atoms with Gasteiger partial charge in [-0.2, -0.15) is 0 Å². The Kier molecular flexibility index (Phi) is 3.80. The molecule has 0 aromatic heterocycles. The Hall–Kier alpha value is -1.56. The second kappa shape index (κ2) is 5.21. The number of hydrogen-bond donors (Lipinski definition) is 1. The molecule has 0 unspecified atom stereocenters. The number of nitrogens with zero attached hydrogens (tertiary/aromatic N) is 1. The molecule has 6 heteroatoms. The van der Waals surface area contributed by atoms with Crippen molar-refractivity contribution in [2.45, 2.75) is 30.7 Å². The molecule has 1 aliphatic heterocycles. The number of carboxylic acid groups (broad SMARTS) is 1. The van der Waals surface area contributed by atoms with Crippen LogP contribution in [0.3, 0.4) is 0 Å². The van der Waals surface area contributed by atoms with E-state index in [-0.39, 0.29) is 10.6 Å². The largest absolute Gasteiger partial charge is 0.480 e. The van der Waals surface area contributed by atoms with E-state index in [4.69, 9.17) is 5.11 Å². The van der Waals surface area contributed by atoms with Crippen LogP contribution in [0.15, 0.2) is 29.2 Å². The topological polar surface area (TPSA) is 74.7 Å². The number of aliphatic carboxylic acids is 1. The van der Waals surface area contributed by atoms with Crippen molar-refractivity contribution in [3.63, 3.8) is 0 Å². The Bertz CT molecular complexity index is 565. The van der Waals surface area contributed by atoms with E-state index < -0.39 is 21.8 Å². The minimum Gasteiger partial charge on any atom is -0.480 e. The van der Waals surface area contributed by atoms with Crippen molar-refractivity contribution in [1.82, 2.24) is 0 Å². The van der Waals surface area contributed by atoms with Gasteiger partial charge in [-0.05, 0) is 37.1 Å². The summed E-state index contributed by atoms with van der Waals surface area (Å²) in [6, 6.07) is 5.96. The van der Waals surface area contributed by atoms with Crippen LogP contribution in [0.2, 0.25) is 0 Å². The minimum atomic E-state index is -3.20. The Labute approximate surface area is 112 Å². The highest BCUT2D eigenvalue weighted by Crippen LogP contribution is 2.26. The van der Waals surface area contributed by atoms with Gasteiger partial charge in [0.05, 0.1) is 10.6 Å². The van der Waals surface area contributed by atoms with Crippen molar-refractivity contribution in [2.75, 3.05) is 17.2 Å². The summed E-state index contributed by atoms with van der Waals surface area (Å²) in [5.74, 6) is -0.767. The van der Waals surface area contributed by atoms with Crippen molar-refractivity contribution in [1.29, 1.82) is 0 Å². The number of hydrogen-bond acceptors (Lipinski definition) is 4. The zero-order chi connectivity index (χ0) is 14.0. The molecular formula is C13H17NO4S. The van der Waals surface area contributed by atoms with Crippen molar-refractivity contribution < 1.29 is 18.3 Å². The molecule has 0 bridgehead atoms. The number of carbonyl (C=O) groups is 1. The highest BCUT2D eigenvalue weighted by Gasteiger charge is 2.30. The summed E-state index contributed by atoms with van der Waals surface area (Å²) in [7, 11) is -3.20. The standard InChI is InChI=1S/C13H17NO4S/c1-2-19(17,18)11-7-5-10(6-8-11)14-9-3-4-12(14)13(15)16/h5-8,12H,2-4,9H2,1H3,(H,15,16)/t12-/m1/s1. The normalized spacial score (nSPS) is 19.6. The molecule has 1 saturated heterocycles.